The van der Waals surface area contributed by atoms with E-state index in [1.54, 1.807) is 34.1 Å². The molecule has 0 aliphatic carbocycles. The largest absolute Gasteiger partial charge is 0.340 e. The first-order chi connectivity index (χ1) is 15.7. The number of urea groups is 1. The zero-order valence-corrected chi connectivity index (χ0v) is 19.6. The standard InChI is InChI=1S/C22H24ClN5O4S/c1-26(33(31,32)20-8-6-17(15-24)7-9-20)16-21(29)27-10-3-11-28(13-12-27)22(30)25-19-5-2-4-18(23)14-19/h2,4-9,14H,3,10-13,16H2,1H3,(H,25,30). The third-order valence-corrected chi connectivity index (χ3v) is 7.31. The first kappa shape index (κ1) is 24.5. The van der Waals surface area contributed by atoms with E-state index < -0.39 is 10.0 Å². The molecular weight excluding hydrogens is 466 g/mol. The summed E-state index contributed by atoms with van der Waals surface area (Å²) < 4.78 is 26.5. The molecule has 0 saturated carbocycles. The SMILES string of the molecule is CN(CC(=O)N1CCCN(C(=O)Nc2cccc(Cl)c2)CC1)S(=O)(=O)c1ccc(C#N)cc1. The summed E-state index contributed by atoms with van der Waals surface area (Å²) in [7, 11) is -2.54. The van der Waals surface area contributed by atoms with Crippen LogP contribution < -0.4 is 5.32 Å². The smallest absolute Gasteiger partial charge is 0.321 e. The van der Waals surface area contributed by atoms with Crippen molar-refractivity contribution in [2.75, 3.05) is 45.1 Å². The van der Waals surface area contributed by atoms with Crippen molar-refractivity contribution in [3.8, 4) is 6.07 Å². The number of hydrogen-bond acceptors (Lipinski definition) is 5. The molecule has 3 amide bonds. The predicted molar refractivity (Wildman–Crippen MR) is 124 cm³/mol. The molecule has 2 aromatic rings. The third-order valence-electron chi connectivity index (χ3n) is 5.26. The van der Waals surface area contributed by atoms with Crippen molar-refractivity contribution in [3.63, 3.8) is 0 Å². The number of amides is 3. The van der Waals surface area contributed by atoms with Crippen LogP contribution in [-0.4, -0.2) is 74.2 Å². The number of sulfonamides is 1. The summed E-state index contributed by atoms with van der Waals surface area (Å²) in [5.74, 6) is -0.341. The first-order valence-corrected chi connectivity index (χ1v) is 12.1. The monoisotopic (exact) mass is 489 g/mol. The average molecular weight is 490 g/mol. The topological polar surface area (TPSA) is 114 Å². The van der Waals surface area contributed by atoms with Gasteiger partial charge in [-0.1, -0.05) is 17.7 Å². The molecule has 0 bridgehead atoms. The lowest BCUT2D eigenvalue weighted by Crippen LogP contribution is -2.43. The summed E-state index contributed by atoms with van der Waals surface area (Å²) in [6.45, 7) is 1.19. The van der Waals surface area contributed by atoms with Gasteiger partial charge in [0.25, 0.3) is 0 Å². The minimum atomic E-state index is -3.88. The van der Waals surface area contributed by atoms with Crippen molar-refractivity contribution in [1.29, 1.82) is 5.26 Å². The predicted octanol–water partition coefficient (Wildman–Crippen LogP) is 2.60. The molecule has 3 rings (SSSR count). The number of likely N-dealkylation sites (N-methyl/N-ethyl adjacent to an activating group) is 1. The summed E-state index contributed by atoms with van der Waals surface area (Å²) in [4.78, 5) is 28.6. The average Bonchev–Trinajstić information content (AvgIpc) is 3.05. The van der Waals surface area contributed by atoms with Crippen molar-refractivity contribution in [1.82, 2.24) is 14.1 Å². The molecule has 1 heterocycles. The van der Waals surface area contributed by atoms with Gasteiger partial charge in [-0.25, -0.2) is 13.2 Å². The van der Waals surface area contributed by atoms with Crippen molar-refractivity contribution in [2.45, 2.75) is 11.3 Å². The molecule has 1 N–H and O–H groups in total. The Labute approximate surface area is 198 Å². The molecule has 1 aliphatic rings. The molecule has 0 atom stereocenters. The molecule has 9 nitrogen and oxygen atoms in total. The Kier molecular flexibility index (Phi) is 7.92. The summed E-state index contributed by atoms with van der Waals surface area (Å²) in [6, 6.07) is 14.0. The van der Waals surface area contributed by atoms with Gasteiger partial charge in [-0.2, -0.15) is 9.57 Å². The maximum absolute atomic E-state index is 12.8. The van der Waals surface area contributed by atoms with Crippen LogP contribution in [-0.2, 0) is 14.8 Å². The van der Waals surface area contributed by atoms with Gasteiger partial charge in [-0.15, -0.1) is 0 Å². The summed E-state index contributed by atoms with van der Waals surface area (Å²) in [6.07, 6.45) is 0.570. The van der Waals surface area contributed by atoms with Crippen molar-refractivity contribution >= 4 is 39.2 Å². The fourth-order valence-electron chi connectivity index (χ4n) is 3.40. The van der Waals surface area contributed by atoms with Gasteiger partial charge >= 0.3 is 6.03 Å². The summed E-state index contributed by atoms with van der Waals surface area (Å²) >= 11 is 5.95. The molecule has 174 valence electrons. The van der Waals surface area contributed by atoms with Crippen LogP contribution in [0.25, 0.3) is 0 Å². The van der Waals surface area contributed by atoms with Gasteiger partial charge in [-0.05, 0) is 48.9 Å². The van der Waals surface area contributed by atoms with E-state index in [1.807, 2.05) is 6.07 Å². The van der Waals surface area contributed by atoms with E-state index in [0.717, 1.165) is 4.31 Å². The number of halogens is 1. The molecular formula is C22H24ClN5O4S. The number of carbonyl (C=O) groups excluding carboxylic acids is 2. The van der Waals surface area contributed by atoms with Crippen molar-refractivity contribution < 1.29 is 18.0 Å². The van der Waals surface area contributed by atoms with E-state index in [2.05, 4.69) is 5.32 Å². The number of nitriles is 1. The molecule has 1 aliphatic heterocycles. The second kappa shape index (κ2) is 10.7. The number of nitrogens with one attached hydrogen (secondary N) is 1. The fourth-order valence-corrected chi connectivity index (χ4v) is 4.71. The molecule has 33 heavy (non-hydrogen) atoms. The highest BCUT2D eigenvalue weighted by Gasteiger charge is 2.27. The molecule has 0 unspecified atom stereocenters. The fraction of sp³-hybridized carbons (Fsp3) is 0.318. The highest BCUT2D eigenvalue weighted by atomic mass is 35.5. The van der Waals surface area contributed by atoms with Crippen LogP contribution in [0.15, 0.2) is 53.4 Å². The Morgan fingerprint density at radius 3 is 2.42 bits per heavy atom. The Morgan fingerprint density at radius 2 is 1.76 bits per heavy atom. The number of nitrogens with zero attached hydrogens (tertiary/aromatic N) is 4. The second-order valence-corrected chi connectivity index (χ2v) is 10.0. The third kappa shape index (κ3) is 6.22. The zero-order chi connectivity index (χ0) is 24.0. The number of carbonyl (C=O) groups is 2. The van der Waals surface area contributed by atoms with Crippen molar-refractivity contribution in [2.24, 2.45) is 0 Å². The zero-order valence-electron chi connectivity index (χ0n) is 18.1. The maximum atomic E-state index is 12.8. The lowest BCUT2D eigenvalue weighted by atomic mass is 10.2. The number of rotatable bonds is 5. The summed E-state index contributed by atoms with van der Waals surface area (Å²) in [5, 5.41) is 12.2. The van der Waals surface area contributed by atoms with Gasteiger partial charge in [0.05, 0.1) is 23.1 Å². The van der Waals surface area contributed by atoms with Crippen LogP contribution >= 0.6 is 11.6 Å². The van der Waals surface area contributed by atoms with Crippen LogP contribution in [0.5, 0.6) is 0 Å². The lowest BCUT2D eigenvalue weighted by molar-refractivity contribution is -0.131. The van der Waals surface area contributed by atoms with Gasteiger partial charge in [-0.3, -0.25) is 4.79 Å². The van der Waals surface area contributed by atoms with E-state index in [9.17, 15) is 18.0 Å². The number of benzene rings is 2. The Morgan fingerprint density at radius 1 is 1.09 bits per heavy atom. The van der Waals surface area contributed by atoms with Crippen LogP contribution in [0.4, 0.5) is 10.5 Å². The van der Waals surface area contributed by atoms with Crippen LogP contribution in [0.3, 0.4) is 0 Å². The second-order valence-electron chi connectivity index (χ2n) is 7.56. The van der Waals surface area contributed by atoms with Gasteiger partial charge in [0.2, 0.25) is 15.9 Å². The first-order valence-electron chi connectivity index (χ1n) is 10.3. The van der Waals surface area contributed by atoms with E-state index >= 15 is 0 Å². The van der Waals surface area contributed by atoms with Gasteiger partial charge < -0.3 is 15.1 Å². The molecule has 1 fully saturated rings. The van der Waals surface area contributed by atoms with E-state index in [1.165, 1.54) is 31.3 Å². The maximum Gasteiger partial charge on any atom is 0.321 e. The van der Waals surface area contributed by atoms with Gasteiger partial charge in [0.1, 0.15) is 0 Å². The highest BCUT2D eigenvalue weighted by molar-refractivity contribution is 7.89. The quantitative estimate of drug-likeness (QED) is 0.693. The Balaban J connectivity index is 1.57. The van der Waals surface area contributed by atoms with E-state index in [-0.39, 0.29) is 23.4 Å². The molecule has 0 radical (unpaired) electrons. The minimum absolute atomic E-state index is 0.0107. The van der Waals surface area contributed by atoms with Crippen molar-refractivity contribution in [3.05, 3.63) is 59.1 Å². The van der Waals surface area contributed by atoms with E-state index in [0.29, 0.717) is 48.9 Å². The molecule has 0 aromatic heterocycles. The Hall–Kier alpha value is -3.13. The Bertz CT molecular complexity index is 1160. The van der Waals surface area contributed by atoms with Crippen LogP contribution in [0.2, 0.25) is 5.02 Å². The number of anilines is 1. The molecule has 0 spiro atoms. The molecule has 2 aromatic carbocycles. The van der Waals surface area contributed by atoms with Gasteiger partial charge in [0.15, 0.2) is 0 Å². The summed E-state index contributed by atoms with van der Waals surface area (Å²) in [5.41, 5.74) is 0.931. The molecule has 11 heteroatoms. The minimum Gasteiger partial charge on any atom is -0.340 e. The van der Waals surface area contributed by atoms with Crippen LogP contribution in [0, 0.1) is 11.3 Å². The normalized spacial score (nSPS) is 14.5. The van der Waals surface area contributed by atoms with Crippen LogP contribution in [0.1, 0.15) is 12.0 Å². The highest BCUT2D eigenvalue weighted by Crippen LogP contribution is 2.17. The number of hydrogen-bond donors (Lipinski definition) is 1. The molecule has 1 saturated heterocycles. The van der Waals surface area contributed by atoms with E-state index in [4.69, 9.17) is 16.9 Å². The van der Waals surface area contributed by atoms with Gasteiger partial charge in [0, 0.05) is 43.9 Å². The lowest BCUT2D eigenvalue weighted by Gasteiger charge is -2.24.